The van der Waals surface area contributed by atoms with Crippen molar-refractivity contribution in [2.24, 2.45) is 4.99 Å². The Balaban J connectivity index is 0.00000420. The van der Waals surface area contributed by atoms with Crippen LogP contribution in [0.5, 0.6) is 0 Å². The van der Waals surface area contributed by atoms with Crippen molar-refractivity contribution in [3.8, 4) is 0 Å². The van der Waals surface area contributed by atoms with Crippen LogP contribution in [-0.4, -0.2) is 70.0 Å². The molecule has 1 heterocycles. The summed E-state index contributed by atoms with van der Waals surface area (Å²) in [6.07, 6.45) is 3.31. The Kier molecular flexibility index (Phi) is 15.2. The summed E-state index contributed by atoms with van der Waals surface area (Å²) in [6, 6.07) is 11.0. The number of rotatable bonds is 12. The fraction of sp³-hybridized carbons (Fsp3) is 0.682. The van der Waals surface area contributed by atoms with Crippen LogP contribution in [0.25, 0.3) is 0 Å². The maximum absolute atomic E-state index is 5.63. The first-order chi connectivity index (χ1) is 13.8. The van der Waals surface area contributed by atoms with Crippen molar-refractivity contribution in [1.29, 1.82) is 0 Å². The van der Waals surface area contributed by atoms with Crippen molar-refractivity contribution >= 4 is 29.9 Å². The molecular weight excluding hydrogens is 479 g/mol. The van der Waals surface area contributed by atoms with Gasteiger partial charge in [0.15, 0.2) is 5.96 Å². The lowest BCUT2D eigenvalue weighted by atomic mass is 10.1. The lowest BCUT2D eigenvalue weighted by Gasteiger charge is -2.34. The van der Waals surface area contributed by atoms with E-state index >= 15 is 0 Å². The molecule has 7 heteroatoms. The Bertz CT molecular complexity index is 539. The van der Waals surface area contributed by atoms with E-state index in [0.717, 1.165) is 78.0 Å². The van der Waals surface area contributed by atoms with Crippen molar-refractivity contribution in [2.45, 2.75) is 39.2 Å². The summed E-state index contributed by atoms with van der Waals surface area (Å²) < 4.78 is 11.2. The third-order valence-electron chi connectivity index (χ3n) is 4.84. The molecule has 1 unspecified atom stereocenters. The molecule has 166 valence electrons. The van der Waals surface area contributed by atoms with Gasteiger partial charge in [0.25, 0.3) is 0 Å². The highest BCUT2D eigenvalue weighted by molar-refractivity contribution is 14.0. The molecule has 1 aromatic rings. The SMILES string of the molecule is CCCCOCCCNC(=NCC(c1ccccc1)N1CCOCC1)NCC.I. The molecular formula is C22H39IN4O2. The smallest absolute Gasteiger partial charge is 0.191 e. The van der Waals surface area contributed by atoms with Crippen LogP contribution >= 0.6 is 24.0 Å². The normalized spacial score (nSPS) is 16.1. The minimum Gasteiger partial charge on any atom is -0.381 e. The average molecular weight is 518 g/mol. The molecule has 1 aromatic carbocycles. The first-order valence-electron chi connectivity index (χ1n) is 10.8. The van der Waals surface area contributed by atoms with Gasteiger partial charge in [-0.1, -0.05) is 43.7 Å². The molecule has 2 N–H and O–H groups in total. The zero-order valence-corrected chi connectivity index (χ0v) is 20.4. The van der Waals surface area contributed by atoms with E-state index in [0.29, 0.717) is 0 Å². The summed E-state index contributed by atoms with van der Waals surface area (Å²) in [4.78, 5) is 7.36. The van der Waals surface area contributed by atoms with Gasteiger partial charge in [0.2, 0.25) is 0 Å². The number of benzene rings is 1. The van der Waals surface area contributed by atoms with Crippen molar-refractivity contribution < 1.29 is 9.47 Å². The van der Waals surface area contributed by atoms with Crippen LogP contribution in [0.15, 0.2) is 35.3 Å². The molecule has 2 rings (SSSR count). The molecule has 29 heavy (non-hydrogen) atoms. The largest absolute Gasteiger partial charge is 0.381 e. The molecule has 1 aliphatic rings. The number of guanidine groups is 1. The standard InChI is InChI=1S/C22H38N4O2.HI/c1-3-5-15-27-16-9-12-24-22(23-4-2)25-19-21(20-10-7-6-8-11-20)26-13-17-28-18-14-26;/h6-8,10-11,21H,3-5,9,12-19H2,1-2H3,(H2,23,24,25);1H. The van der Waals surface area contributed by atoms with E-state index in [2.05, 4.69) is 59.7 Å². The van der Waals surface area contributed by atoms with Crippen LogP contribution in [0.3, 0.4) is 0 Å². The Morgan fingerprint density at radius 1 is 1.10 bits per heavy atom. The highest BCUT2D eigenvalue weighted by atomic mass is 127. The van der Waals surface area contributed by atoms with Crippen LogP contribution in [0.1, 0.15) is 44.7 Å². The lowest BCUT2D eigenvalue weighted by Crippen LogP contribution is -2.42. The zero-order valence-electron chi connectivity index (χ0n) is 18.1. The van der Waals surface area contributed by atoms with Crippen molar-refractivity contribution in [3.05, 3.63) is 35.9 Å². The quantitative estimate of drug-likeness (QED) is 0.192. The molecule has 0 radical (unpaired) electrons. The van der Waals surface area contributed by atoms with Crippen molar-refractivity contribution in [2.75, 3.05) is 59.2 Å². The number of unbranched alkanes of at least 4 members (excludes halogenated alkanes) is 1. The second kappa shape index (κ2) is 16.8. The zero-order chi connectivity index (χ0) is 19.9. The molecule has 1 aliphatic heterocycles. The molecule has 0 saturated carbocycles. The molecule has 0 bridgehead atoms. The second-order valence-electron chi connectivity index (χ2n) is 7.04. The van der Waals surface area contributed by atoms with E-state index in [9.17, 15) is 0 Å². The number of ether oxygens (including phenoxy) is 2. The lowest BCUT2D eigenvalue weighted by molar-refractivity contribution is 0.0179. The first-order valence-corrected chi connectivity index (χ1v) is 10.8. The van der Waals surface area contributed by atoms with Gasteiger partial charge in [-0.05, 0) is 25.3 Å². The number of morpholine rings is 1. The number of nitrogens with zero attached hydrogens (tertiary/aromatic N) is 2. The summed E-state index contributed by atoms with van der Waals surface area (Å²) in [5, 5.41) is 6.80. The van der Waals surface area contributed by atoms with Gasteiger partial charge in [-0.15, -0.1) is 24.0 Å². The number of halogens is 1. The molecule has 1 saturated heterocycles. The van der Waals surface area contributed by atoms with Gasteiger partial charge in [0.05, 0.1) is 25.8 Å². The van der Waals surface area contributed by atoms with Crippen molar-refractivity contribution in [1.82, 2.24) is 15.5 Å². The van der Waals surface area contributed by atoms with Gasteiger partial charge in [0.1, 0.15) is 0 Å². The minimum absolute atomic E-state index is 0. The van der Waals surface area contributed by atoms with Crippen LogP contribution in [0.2, 0.25) is 0 Å². The average Bonchev–Trinajstić information content (AvgIpc) is 2.74. The highest BCUT2D eigenvalue weighted by Crippen LogP contribution is 2.22. The summed E-state index contributed by atoms with van der Waals surface area (Å²) in [7, 11) is 0. The third-order valence-corrected chi connectivity index (χ3v) is 4.84. The molecule has 0 aromatic heterocycles. The number of hydrogen-bond donors (Lipinski definition) is 2. The molecule has 1 fully saturated rings. The second-order valence-corrected chi connectivity index (χ2v) is 7.04. The molecule has 6 nitrogen and oxygen atoms in total. The molecule has 1 atom stereocenters. The Morgan fingerprint density at radius 2 is 1.83 bits per heavy atom. The minimum atomic E-state index is 0. The van der Waals surface area contributed by atoms with E-state index in [1.165, 1.54) is 12.0 Å². The Hall–Kier alpha value is -0.900. The van der Waals surface area contributed by atoms with E-state index in [1.807, 2.05) is 0 Å². The van der Waals surface area contributed by atoms with E-state index < -0.39 is 0 Å². The highest BCUT2D eigenvalue weighted by Gasteiger charge is 2.22. The summed E-state index contributed by atoms with van der Waals surface area (Å²) in [5.41, 5.74) is 1.31. The number of hydrogen-bond acceptors (Lipinski definition) is 4. The third kappa shape index (κ3) is 10.6. The van der Waals surface area contributed by atoms with Crippen molar-refractivity contribution in [3.63, 3.8) is 0 Å². The van der Waals surface area contributed by atoms with Gasteiger partial charge in [-0.2, -0.15) is 0 Å². The Morgan fingerprint density at radius 3 is 2.52 bits per heavy atom. The molecule has 0 aliphatic carbocycles. The topological polar surface area (TPSA) is 58.1 Å². The summed E-state index contributed by atoms with van der Waals surface area (Å²) >= 11 is 0. The van der Waals surface area contributed by atoms with Gasteiger partial charge < -0.3 is 20.1 Å². The van der Waals surface area contributed by atoms with Gasteiger partial charge in [-0.3, -0.25) is 9.89 Å². The fourth-order valence-electron chi connectivity index (χ4n) is 3.25. The van der Waals surface area contributed by atoms with Crippen LogP contribution in [0.4, 0.5) is 0 Å². The fourth-order valence-corrected chi connectivity index (χ4v) is 3.25. The van der Waals surface area contributed by atoms with E-state index in [-0.39, 0.29) is 30.0 Å². The van der Waals surface area contributed by atoms with E-state index in [1.54, 1.807) is 0 Å². The van der Waals surface area contributed by atoms with Gasteiger partial charge >= 0.3 is 0 Å². The Labute approximate surface area is 193 Å². The predicted molar refractivity (Wildman–Crippen MR) is 131 cm³/mol. The van der Waals surface area contributed by atoms with Crippen LogP contribution < -0.4 is 10.6 Å². The number of aliphatic imine (C=N–C) groups is 1. The van der Waals surface area contributed by atoms with E-state index in [4.69, 9.17) is 14.5 Å². The monoisotopic (exact) mass is 518 g/mol. The van der Waals surface area contributed by atoms with Crippen LogP contribution in [0, 0.1) is 0 Å². The first kappa shape index (κ1) is 26.1. The molecule has 0 amide bonds. The summed E-state index contributed by atoms with van der Waals surface area (Å²) in [6.45, 7) is 11.9. The summed E-state index contributed by atoms with van der Waals surface area (Å²) in [5.74, 6) is 0.880. The maximum Gasteiger partial charge on any atom is 0.191 e. The molecule has 0 spiro atoms. The predicted octanol–water partition coefficient (Wildman–Crippen LogP) is 3.44. The number of nitrogens with one attached hydrogen (secondary N) is 2. The maximum atomic E-state index is 5.63. The van der Waals surface area contributed by atoms with Gasteiger partial charge in [-0.25, -0.2) is 0 Å². The van der Waals surface area contributed by atoms with Gasteiger partial charge in [0, 0.05) is 39.4 Å². The van der Waals surface area contributed by atoms with Crippen LogP contribution in [-0.2, 0) is 9.47 Å².